The highest BCUT2D eigenvalue weighted by atomic mass is 32.2. The van der Waals surface area contributed by atoms with Crippen molar-refractivity contribution in [3.8, 4) is 0 Å². The fourth-order valence-electron chi connectivity index (χ4n) is 2.33. The summed E-state index contributed by atoms with van der Waals surface area (Å²) in [6, 6.07) is 13.4. The Kier molecular flexibility index (Phi) is 4.15. The molecule has 4 nitrogen and oxygen atoms in total. The van der Waals surface area contributed by atoms with E-state index in [-0.39, 0.29) is 18.2 Å². The monoisotopic (exact) mass is 312 g/mol. The lowest BCUT2D eigenvalue weighted by Gasteiger charge is -2.17. The van der Waals surface area contributed by atoms with E-state index in [9.17, 15) is 9.59 Å². The molecule has 0 radical (unpaired) electrons. The number of amides is 2. The van der Waals surface area contributed by atoms with Gasteiger partial charge in [-0.1, -0.05) is 24.3 Å². The quantitative estimate of drug-likeness (QED) is 0.915. The Morgan fingerprint density at radius 3 is 2.91 bits per heavy atom. The summed E-state index contributed by atoms with van der Waals surface area (Å²) >= 11 is 1.52. The molecule has 2 N–H and O–H groups in total. The fraction of sp³-hybridized carbons (Fsp3) is 0.176. The van der Waals surface area contributed by atoms with Crippen LogP contribution in [0.4, 0.5) is 11.4 Å². The zero-order valence-corrected chi connectivity index (χ0v) is 13.0. The molecule has 5 heteroatoms. The number of hydrogen-bond acceptors (Lipinski definition) is 3. The van der Waals surface area contributed by atoms with Crippen LogP contribution in [0.15, 0.2) is 47.4 Å². The first-order valence-corrected chi connectivity index (χ1v) is 8.01. The maximum atomic E-state index is 12.2. The van der Waals surface area contributed by atoms with Gasteiger partial charge in [-0.3, -0.25) is 9.59 Å². The van der Waals surface area contributed by atoms with E-state index in [0.29, 0.717) is 5.75 Å². The van der Waals surface area contributed by atoms with Gasteiger partial charge in [0.05, 0.1) is 17.9 Å². The normalized spacial score (nSPS) is 13.2. The van der Waals surface area contributed by atoms with Gasteiger partial charge in [-0.2, -0.15) is 0 Å². The summed E-state index contributed by atoms with van der Waals surface area (Å²) in [7, 11) is 0. The van der Waals surface area contributed by atoms with E-state index in [4.69, 9.17) is 0 Å². The Morgan fingerprint density at radius 2 is 2.09 bits per heavy atom. The molecule has 22 heavy (non-hydrogen) atoms. The number of thioether (sulfide) groups is 1. The fourth-order valence-corrected chi connectivity index (χ4v) is 3.12. The first-order valence-electron chi connectivity index (χ1n) is 7.03. The van der Waals surface area contributed by atoms with Crippen molar-refractivity contribution in [1.82, 2.24) is 0 Å². The van der Waals surface area contributed by atoms with Gasteiger partial charge >= 0.3 is 0 Å². The topological polar surface area (TPSA) is 58.2 Å². The minimum absolute atomic E-state index is 0.000915. The Labute approximate surface area is 133 Å². The Morgan fingerprint density at radius 1 is 1.27 bits per heavy atom. The number of anilines is 2. The highest BCUT2D eigenvalue weighted by Crippen LogP contribution is 2.32. The largest absolute Gasteiger partial charge is 0.326 e. The SMILES string of the molecule is Cc1ccccc1NC(=O)Cc1ccc2c(c1)NC(=O)CS2. The molecule has 1 aliphatic heterocycles. The van der Waals surface area contributed by atoms with Crippen molar-refractivity contribution >= 4 is 35.0 Å². The Bertz CT molecular complexity index is 743. The molecule has 0 fully saturated rings. The van der Waals surface area contributed by atoms with E-state index in [2.05, 4.69) is 10.6 Å². The molecule has 0 spiro atoms. The number of nitrogens with one attached hydrogen (secondary N) is 2. The van der Waals surface area contributed by atoms with Crippen molar-refractivity contribution in [2.45, 2.75) is 18.2 Å². The molecule has 2 amide bonds. The second-order valence-electron chi connectivity index (χ2n) is 5.21. The highest BCUT2D eigenvalue weighted by Gasteiger charge is 2.16. The van der Waals surface area contributed by atoms with Gasteiger partial charge in [0.2, 0.25) is 11.8 Å². The molecule has 2 aromatic rings. The molecule has 0 aliphatic carbocycles. The van der Waals surface area contributed by atoms with E-state index in [1.807, 2.05) is 49.4 Å². The highest BCUT2D eigenvalue weighted by molar-refractivity contribution is 8.00. The molecule has 0 aromatic heterocycles. The van der Waals surface area contributed by atoms with Crippen LogP contribution >= 0.6 is 11.8 Å². The molecule has 3 rings (SSSR count). The van der Waals surface area contributed by atoms with Crippen molar-refractivity contribution in [2.75, 3.05) is 16.4 Å². The van der Waals surface area contributed by atoms with E-state index in [1.54, 1.807) is 0 Å². The second-order valence-corrected chi connectivity index (χ2v) is 6.22. The van der Waals surface area contributed by atoms with Crippen molar-refractivity contribution < 1.29 is 9.59 Å². The minimum Gasteiger partial charge on any atom is -0.326 e. The van der Waals surface area contributed by atoms with Gasteiger partial charge in [-0.05, 0) is 36.2 Å². The average Bonchev–Trinajstić information content (AvgIpc) is 2.49. The van der Waals surface area contributed by atoms with Crippen LogP contribution in [0.5, 0.6) is 0 Å². The number of carbonyl (C=O) groups excluding carboxylic acids is 2. The summed E-state index contributed by atoms with van der Waals surface area (Å²) in [6.07, 6.45) is 0.280. The number of rotatable bonds is 3. The van der Waals surface area contributed by atoms with Crippen LogP contribution in [0, 0.1) is 6.92 Å². The standard InChI is InChI=1S/C17H16N2O2S/c1-11-4-2-3-5-13(11)18-16(20)9-12-6-7-15-14(8-12)19-17(21)10-22-15/h2-8H,9-10H2,1H3,(H,18,20)(H,19,21). The summed E-state index contributed by atoms with van der Waals surface area (Å²) in [4.78, 5) is 24.6. The predicted molar refractivity (Wildman–Crippen MR) is 89.3 cm³/mol. The van der Waals surface area contributed by atoms with Gasteiger partial charge < -0.3 is 10.6 Å². The smallest absolute Gasteiger partial charge is 0.234 e. The molecule has 112 valence electrons. The van der Waals surface area contributed by atoms with Crippen LogP contribution in [0.2, 0.25) is 0 Å². The van der Waals surface area contributed by atoms with Crippen molar-refractivity contribution in [1.29, 1.82) is 0 Å². The maximum Gasteiger partial charge on any atom is 0.234 e. The van der Waals surface area contributed by atoms with E-state index < -0.39 is 0 Å². The zero-order valence-electron chi connectivity index (χ0n) is 12.2. The lowest BCUT2D eigenvalue weighted by atomic mass is 10.1. The number of fused-ring (bicyclic) bond motifs is 1. The molecule has 0 saturated carbocycles. The van der Waals surface area contributed by atoms with Crippen molar-refractivity contribution in [3.63, 3.8) is 0 Å². The van der Waals surface area contributed by atoms with Crippen molar-refractivity contribution in [3.05, 3.63) is 53.6 Å². The van der Waals surface area contributed by atoms with Crippen molar-refractivity contribution in [2.24, 2.45) is 0 Å². The molecular weight excluding hydrogens is 296 g/mol. The number of benzene rings is 2. The maximum absolute atomic E-state index is 12.2. The predicted octanol–water partition coefficient (Wildman–Crippen LogP) is 3.22. The second kappa shape index (κ2) is 6.23. The van der Waals surface area contributed by atoms with E-state index in [1.165, 1.54) is 11.8 Å². The van der Waals surface area contributed by atoms with Gasteiger partial charge in [0.25, 0.3) is 0 Å². The number of para-hydroxylation sites is 1. The summed E-state index contributed by atoms with van der Waals surface area (Å²) in [5.74, 6) is 0.378. The summed E-state index contributed by atoms with van der Waals surface area (Å²) in [5, 5.41) is 5.76. The van der Waals surface area contributed by atoms with Crippen LogP contribution in [-0.4, -0.2) is 17.6 Å². The number of carbonyl (C=O) groups is 2. The van der Waals surface area contributed by atoms with E-state index >= 15 is 0 Å². The third kappa shape index (κ3) is 3.31. The Balaban J connectivity index is 1.71. The summed E-state index contributed by atoms with van der Waals surface area (Å²) in [5.41, 5.74) is 3.54. The number of aryl methyl sites for hydroxylation is 1. The van der Waals surface area contributed by atoms with Gasteiger partial charge in [-0.15, -0.1) is 11.8 Å². The van der Waals surface area contributed by atoms with E-state index in [0.717, 1.165) is 27.4 Å². The van der Waals surface area contributed by atoms with Crippen LogP contribution in [-0.2, 0) is 16.0 Å². The number of hydrogen-bond donors (Lipinski definition) is 2. The van der Waals surface area contributed by atoms with Crippen LogP contribution in [0.3, 0.4) is 0 Å². The Hall–Kier alpha value is -2.27. The third-order valence-corrected chi connectivity index (χ3v) is 4.53. The van der Waals surface area contributed by atoms with Gasteiger partial charge in [-0.25, -0.2) is 0 Å². The third-order valence-electron chi connectivity index (χ3n) is 3.46. The molecule has 2 aromatic carbocycles. The average molecular weight is 312 g/mol. The molecule has 1 aliphatic rings. The lowest BCUT2D eigenvalue weighted by molar-refractivity contribution is -0.115. The lowest BCUT2D eigenvalue weighted by Crippen LogP contribution is -2.19. The zero-order chi connectivity index (χ0) is 15.5. The molecule has 0 atom stereocenters. The van der Waals surface area contributed by atoms with Crippen LogP contribution in [0.1, 0.15) is 11.1 Å². The molecule has 0 bridgehead atoms. The molecule has 0 unspecified atom stereocenters. The summed E-state index contributed by atoms with van der Waals surface area (Å²) in [6.45, 7) is 1.96. The first-order chi connectivity index (χ1) is 10.6. The van der Waals surface area contributed by atoms with Gasteiger partial charge in [0.15, 0.2) is 0 Å². The van der Waals surface area contributed by atoms with Gasteiger partial charge in [0.1, 0.15) is 0 Å². The summed E-state index contributed by atoms with van der Waals surface area (Å²) < 4.78 is 0. The van der Waals surface area contributed by atoms with Crippen LogP contribution < -0.4 is 10.6 Å². The first kappa shape index (κ1) is 14.7. The molecular formula is C17H16N2O2S. The van der Waals surface area contributed by atoms with Crippen LogP contribution in [0.25, 0.3) is 0 Å². The molecule has 1 heterocycles. The molecule has 0 saturated heterocycles. The minimum atomic E-state index is -0.0657. The van der Waals surface area contributed by atoms with Gasteiger partial charge in [0, 0.05) is 10.6 Å².